The number of amides is 4. The molecule has 3 aliphatic rings. The number of likely N-dealkylation sites (tertiary alicyclic amines) is 1. The van der Waals surface area contributed by atoms with Crippen LogP contribution in [0.4, 0.5) is 0 Å². The fraction of sp³-hybridized carbons (Fsp3) is 0.629. The van der Waals surface area contributed by atoms with Gasteiger partial charge in [-0.3, -0.25) is 24.0 Å². The van der Waals surface area contributed by atoms with Gasteiger partial charge in [-0.2, -0.15) is 0 Å². The van der Waals surface area contributed by atoms with E-state index in [1.54, 1.807) is 13.8 Å². The van der Waals surface area contributed by atoms with Crippen LogP contribution in [0, 0.1) is 5.92 Å². The summed E-state index contributed by atoms with van der Waals surface area (Å²) in [6.45, 7) is 4.82. The first-order valence-electron chi connectivity index (χ1n) is 17.9. The largest absolute Gasteiger partial charge is 0.384 e. The fourth-order valence-corrected chi connectivity index (χ4v) is 8.40. The Labute approximate surface area is 303 Å². The van der Waals surface area contributed by atoms with Gasteiger partial charge in [0.25, 0.3) is 11.8 Å². The third-order valence-corrected chi connectivity index (χ3v) is 12.3. The van der Waals surface area contributed by atoms with Crippen LogP contribution in [0.5, 0.6) is 0 Å². The predicted molar refractivity (Wildman–Crippen MR) is 186 cm³/mol. The Morgan fingerprint density at radius 1 is 1.08 bits per heavy atom. The number of benzene rings is 1. The van der Waals surface area contributed by atoms with Crippen molar-refractivity contribution in [2.75, 3.05) is 25.5 Å². The lowest BCUT2D eigenvalue weighted by molar-refractivity contribution is -0.147. The van der Waals surface area contributed by atoms with Gasteiger partial charge in [-0.1, -0.05) is 44.2 Å². The minimum Gasteiger partial charge on any atom is -0.384 e. The lowest BCUT2D eigenvalue weighted by Gasteiger charge is -2.37. The molecule has 2 saturated heterocycles. The first-order chi connectivity index (χ1) is 24.6. The number of nitrogens with two attached hydrogens (primary N) is 1. The summed E-state index contributed by atoms with van der Waals surface area (Å²) in [6, 6.07) is 2.66. The van der Waals surface area contributed by atoms with Crippen LogP contribution in [0.3, 0.4) is 0 Å². The molecule has 16 nitrogen and oxygen atoms in total. The van der Waals surface area contributed by atoms with E-state index in [2.05, 4.69) is 20.9 Å². The van der Waals surface area contributed by atoms with E-state index in [0.29, 0.717) is 12.1 Å². The fourth-order valence-electron chi connectivity index (χ4n) is 7.52. The molecule has 2 aromatic rings. The van der Waals surface area contributed by atoms with Crippen molar-refractivity contribution in [2.24, 2.45) is 11.7 Å². The number of hydrogen-bond donors (Lipinski definition) is 4. The molecule has 17 heteroatoms. The second-order valence-electron chi connectivity index (χ2n) is 14.6. The van der Waals surface area contributed by atoms with Gasteiger partial charge < -0.3 is 31.1 Å². The zero-order valence-electron chi connectivity index (χ0n) is 29.9. The molecule has 3 atom stereocenters. The molecule has 2 aliphatic heterocycles. The van der Waals surface area contributed by atoms with Gasteiger partial charge >= 0.3 is 0 Å². The highest BCUT2D eigenvalue weighted by Gasteiger charge is 2.49. The van der Waals surface area contributed by atoms with E-state index in [1.165, 1.54) is 47.0 Å². The number of carbonyl (C=O) groups is 5. The van der Waals surface area contributed by atoms with Crippen LogP contribution in [-0.2, 0) is 39.4 Å². The van der Waals surface area contributed by atoms with E-state index < -0.39 is 68.5 Å². The second kappa shape index (κ2) is 15.8. The topological polar surface area (TPSA) is 233 Å². The summed E-state index contributed by atoms with van der Waals surface area (Å²) in [5.74, 6) is -3.93. The van der Waals surface area contributed by atoms with E-state index >= 15 is 0 Å². The Balaban J connectivity index is 1.48. The number of sulfone groups is 1. The first kappa shape index (κ1) is 39.0. The minimum absolute atomic E-state index is 0.00917. The average Bonchev–Trinajstić information content (AvgIpc) is 3.80. The molecule has 52 heavy (non-hydrogen) atoms. The van der Waals surface area contributed by atoms with E-state index in [-0.39, 0.29) is 61.2 Å². The van der Waals surface area contributed by atoms with Crippen molar-refractivity contribution in [1.82, 2.24) is 30.5 Å². The van der Waals surface area contributed by atoms with Crippen LogP contribution in [0.1, 0.15) is 101 Å². The monoisotopic (exact) mass is 743 g/mol. The van der Waals surface area contributed by atoms with Gasteiger partial charge in [0.05, 0.1) is 28.6 Å². The molecule has 1 unspecified atom stereocenters. The van der Waals surface area contributed by atoms with Crippen molar-refractivity contribution in [2.45, 2.75) is 113 Å². The summed E-state index contributed by atoms with van der Waals surface area (Å²) >= 11 is 0. The molecule has 3 heterocycles. The molecule has 284 valence electrons. The van der Waals surface area contributed by atoms with Crippen molar-refractivity contribution in [1.29, 1.82) is 0 Å². The Hall–Kier alpha value is -4.22. The molecular weight excluding hydrogens is 694 g/mol. The van der Waals surface area contributed by atoms with Crippen LogP contribution in [-0.4, -0.2) is 106 Å². The molecule has 1 aromatic heterocycles. The maximum absolute atomic E-state index is 14.7. The van der Waals surface area contributed by atoms with Gasteiger partial charge in [0.15, 0.2) is 9.84 Å². The number of rotatable bonds is 13. The summed E-state index contributed by atoms with van der Waals surface area (Å²) < 4.78 is 31.6. The third-order valence-electron chi connectivity index (χ3n) is 10.5. The summed E-state index contributed by atoms with van der Waals surface area (Å²) in [5, 5.41) is 24.7. The van der Waals surface area contributed by atoms with Gasteiger partial charge in [-0.05, 0) is 50.5 Å². The highest BCUT2D eigenvalue weighted by Crippen LogP contribution is 2.34. The highest BCUT2D eigenvalue weighted by molar-refractivity contribution is 7.91. The van der Waals surface area contributed by atoms with Crippen molar-refractivity contribution >= 4 is 39.2 Å². The highest BCUT2D eigenvalue weighted by atomic mass is 32.2. The van der Waals surface area contributed by atoms with Crippen LogP contribution in [0.25, 0.3) is 0 Å². The van der Waals surface area contributed by atoms with Gasteiger partial charge in [-0.15, -0.1) is 5.10 Å². The van der Waals surface area contributed by atoms with Crippen molar-refractivity contribution in [3.05, 3.63) is 41.7 Å². The standard InChI is InChI=1S/C35H49N7O9S/c1-4-52(49,50)25-12-10-23(11-13-25)31(45)38-26(18-22-8-6-5-7-9-22)33(47)41-21-24(42-28(20-37-40-42)34(2,3)48)19-27(41)32(46)39-35(29(43)30(36)44)14-16-51-17-15-35/h10-13,20,22,24,26-27,48H,4-9,14-19,21H2,1-3H3,(H2,36,44)(H,38,45)(H,39,46)/t24-,26?,27-/m0/s1. The summed E-state index contributed by atoms with van der Waals surface area (Å²) in [7, 11) is -3.49. The minimum atomic E-state index is -3.49. The smallest absolute Gasteiger partial charge is 0.287 e. The van der Waals surface area contributed by atoms with Gasteiger partial charge in [0.2, 0.25) is 17.6 Å². The van der Waals surface area contributed by atoms with E-state index in [4.69, 9.17) is 10.5 Å². The molecule has 1 saturated carbocycles. The van der Waals surface area contributed by atoms with Gasteiger partial charge in [-0.25, -0.2) is 13.1 Å². The van der Waals surface area contributed by atoms with Crippen molar-refractivity contribution < 1.29 is 42.2 Å². The molecule has 3 fully saturated rings. The molecule has 1 aromatic carbocycles. The van der Waals surface area contributed by atoms with Gasteiger partial charge in [0, 0.05) is 44.6 Å². The average molecular weight is 744 g/mol. The molecule has 1 aliphatic carbocycles. The summed E-state index contributed by atoms with van der Waals surface area (Å²) in [6.07, 6.45) is 6.52. The Morgan fingerprint density at radius 3 is 2.33 bits per heavy atom. The normalized spacial score (nSPS) is 21.7. The maximum atomic E-state index is 14.7. The number of aromatic nitrogens is 3. The molecule has 0 bridgehead atoms. The van der Waals surface area contributed by atoms with Crippen LogP contribution < -0.4 is 16.4 Å². The predicted octanol–water partition coefficient (Wildman–Crippen LogP) is 0.930. The molecule has 4 amide bonds. The van der Waals surface area contributed by atoms with Crippen molar-refractivity contribution in [3.63, 3.8) is 0 Å². The zero-order valence-corrected chi connectivity index (χ0v) is 30.7. The number of nitrogens with zero attached hydrogens (tertiary/aromatic N) is 4. The number of carbonyl (C=O) groups excluding carboxylic acids is 5. The SMILES string of the molecule is CCS(=O)(=O)c1ccc(C(=O)NC(CC2CCCCC2)C(=O)N2C[C@@H](n3nncc3C(C)(C)O)C[C@H]2C(=O)NC2(C(=O)C(N)=O)CCOCC2)cc1. The van der Waals surface area contributed by atoms with E-state index in [1.807, 2.05) is 0 Å². The molecule has 0 spiro atoms. The number of hydrogen-bond acceptors (Lipinski definition) is 11. The number of nitrogens with one attached hydrogen (secondary N) is 2. The second-order valence-corrected chi connectivity index (χ2v) is 16.9. The van der Waals surface area contributed by atoms with Crippen LogP contribution in [0.2, 0.25) is 0 Å². The molecular formula is C35H49N7O9S. The number of ketones is 1. The number of Topliss-reactive ketones (excluding diaryl/α,β-unsaturated/α-hetero) is 1. The quantitative estimate of drug-likeness (QED) is 0.211. The lowest BCUT2D eigenvalue weighted by atomic mass is 9.84. The Morgan fingerprint density at radius 2 is 1.73 bits per heavy atom. The van der Waals surface area contributed by atoms with Gasteiger partial charge in [0.1, 0.15) is 23.2 Å². The summed E-state index contributed by atoms with van der Waals surface area (Å²) in [5.41, 5.74) is 2.94. The van der Waals surface area contributed by atoms with Crippen LogP contribution >= 0.6 is 0 Å². The molecule has 5 N–H and O–H groups in total. The summed E-state index contributed by atoms with van der Waals surface area (Å²) in [4.78, 5) is 69.3. The third kappa shape index (κ3) is 8.52. The lowest BCUT2D eigenvalue weighted by Crippen LogP contribution is -2.64. The van der Waals surface area contributed by atoms with E-state index in [0.717, 1.165) is 32.1 Å². The maximum Gasteiger partial charge on any atom is 0.287 e. The number of ether oxygens (including phenoxy) is 1. The number of aliphatic hydroxyl groups is 1. The number of primary amides is 1. The zero-order chi connectivity index (χ0) is 37.8. The Kier molecular flexibility index (Phi) is 11.8. The molecule has 5 rings (SSSR count). The van der Waals surface area contributed by atoms with E-state index in [9.17, 15) is 37.5 Å². The molecule has 0 radical (unpaired) electrons. The Bertz CT molecular complexity index is 1760. The first-order valence-corrected chi connectivity index (χ1v) is 19.5. The van der Waals surface area contributed by atoms with Crippen LogP contribution in [0.15, 0.2) is 35.4 Å². The van der Waals surface area contributed by atoms with Crippen molar-refractivity contribution in [3.8, 4) is 0 Å².